The summed E-state index contributed by atoms with van der Waals surface area (Å²) in [5, 5.41) is 0. The van der Waals surface area contributed by atoms with Gasteiger partial charge in [-0.3, -0.25) is 0 Å². The molecule has 0 fully saturated rings. The molecule has 0 aliphatic heterocycles. The van der Waals surface area contributed by atoms with E-state index in [1.807, 2.05) is 0 Å². The lowest BCUT2D eigenvalue weighted by atomic mass is 10.2. The molecule has 102 valence electrons. The van der Waals surface area contributed by atoms with Crippen molar-refractivity contribution in [1.82, 2.24) is 0 Å². The van der Waals surface area contributed by atoms with Gasteiger partial charge in [0.05, 0.1) is 5.88 Å². The van der Waals surface area contributed by atoms with Gasteiger partial charge < -0.3 is 4.74 Å². The topological polar surface area (TPSA) is 9.23 Å². The highest BCUT2D eigenvalue weighted by Gasteiger charge is 2.06. The summed E-state index contributed by atoms with van der Waals surface area (Å²) in [6.07, 6.45) is 0. The van der Waals surface area contributed by atoms with E-state index >= 15 is 0 Å². The molecule has 0 unspecified atom stereocenters. The normalized spacial score (nSPS) is 9.75. The Kier molecular flexibility index (Phi) is 4.97. The van der Waals surface area contributed by atoms with Gasteiger partial charge >= 0.3 is 0 Å². The highest BCUT2D eigenvalue weighted by atomic mass is 35.5. The van der Waals surface area contributed by atoms with E-state index in [4.69, 9.17) is 16.3 Å². The third-order valence-corrected chi connectivity index (χ3v) is 2.71. The molecule has 0 saturated carbocycles. The average molecular weight is 293 g/mol. The van der Waals surface area contributed by atoms with Crippen LogP contribution in [-0.4, -0.2) is 5.88 Å². The summed E-state index contributed by atoms with van der Waals surface area (Å²) < 4.78 is 32.3. The Morgan fingerprint density at radius 3 is 2.60 bits per heavy atom. The molecule has 0 atom stereocenters. The van der Waals surface area contributed by atoms with Crippen LogP contribution in [0, 0.1) is 23.5 Å². The first-order valence-electron chi connectivity index (χ1n) is 5.91. The molecule has 0 aliphatic carbocycles. The minimum absolute atomic E-state index is 0.0367. The summed E-state index contributed by atoms with van der Waals surface area (Å²) >= 11 is 5.46. The van der Waals surface area contributed by atoms with Crippen molar-refractivity contribution < 1.29 is 13.5 Å². The van der Waals surface area contributed by atoms with Crippen molar-refractivity contribution in [3.63, 3.8) is 0 Å². The highest BCUT2D eigenvalue weighted by molar-refractivity contribution is 6.19. The van der Waals surface area contributed by atoms with Gasteiger partial charge in [-0.25, -0.2) is 8.78 Å². The summed E-state index contributed by atoms with van der Waals surface area (Å²) in [4.78, 5) is 0. The SMILES string of the molecule is Fc1ccccc1COc1cc(C#CCCl)ccc1F. The van der Waals surface area contributed by atoms with Crippen molar-refractivity contribution in [3.8, 4) is 17.6 Å². The summed E-state index contributed by atoms with van der Waals surface area (Å²) in [7, 11) is 0. The summed E-state index contributed by atoms with van der Waals surface area (Å²) in [6.45, 7) is -0.0457. The lowest BCUT2D eigenvalue weighted by molar-refractivity contribution is 0.284. The number of rotatable bonds is 3. The first kappa shape index (κ1) is 14.4. The molecule has 0 amide bonds. The molecule has 0 N–H and O–H groups in total. The van der Waals surface area contributed by atoms with E-state index in [0.717, 1.165) is 0 Å². The quantitative estimate of drug-likeness (QED) is 0.610. The highest BCUT2D eigenvalue weighted by Crippen LogP contribution is 2.20. The van der Waals surface area contributed by atoms with Crippen LogP contribution in [0.1, 0.15) is 11.1 Å². The molecule has 2 aromatic carbocycles. The molecule has 20 heavy (non-hydrogen) atoms. The van der Waals surface area contributed by atoms with E-state index in [9.17, 15) is 8.78 Å². The molecule has 1 nitrogen and oxygen atoms in total. The third kappa shape index (κ3) is 3.72. The van der Waals surface area contributed by atoms with Crippen LogP contribution >= 0.6 is 11.6 Å². The van der Waals surface area contributed by atoms with E-state index in [1.165, 1.54) is 24.3 Å². The van der Waals surface area contributed by atoms with E-state index in [-0.39, 0.29) is 24.1 Å². The zero-order valence-corrected chi connectivity index (χ0v) is 11.3. The van der Waals surface area contributed by atoms with Gasteiger partial charge in [0.1, 0.15) is 12.4 Å². The molecule has 2 rings (SSSR count). The smallest absolute Gasteiger partial charge is 0.165 e. The van der Waals surface area contributed by atoms with Crippen molar-refractivity contribution in [2.75, 3.05) is 5.88 Å². The molecule has 0 spiro atoms. The Bertz CT molecular complexity index is 659. The fourth-order valence-corrected chi connectivity index (χ4v) is 1.66. The third-order valence-electron chi connectivity index (χ3n) is 2.57. The van der Waals surface area contributed by atoms with Gasteiger partial charge in [-0.2, -0.15) is 0 Å². The minimum atomic E-state index is -0.516. The first-order chi connectivity index (χ1) is 9.70. The largest absolute Gasteiger partial charge is 0.486 e. The van der Waals surface area contributed by atoms with Crippen molar-refractivity contribution in [2.24, 2.45) is 0 Å². The average Bonchev–Trinajstić information content (AvgIpc) is 2.46. The maximum atomic E-state index is 13.6. The zero-order valence-electron chi connectivity index (χ0n) is 10.5. The van der Waals surface area contributed by atoms with Gasteiger partial charge in [0, 0.05) is 11.1 Å². The number of benzene rings is 2. The lowest BCUT2D eigenvalue weighted by Crippen LogP contribution is -2.00. The van der Waals surface area contributed by atoms with Gasteiger partial charge in [0.25, 0.3) is 0 Å². The van der Waals surface area contributed by atoms with Crippen LogP contribution < -0.4 is 4.74 Å². The lowest BCUT2D eigenvalue weighted by Gasteiger charge is -2.08. The van der Waals surface area contributed by atoms with Crippen LogP contribution in [0.15, 0.2) is 42.5 Å². The van der Waals surface area contributed by atoms with E-state index in [0.29, 0.717) is 11.1 Å². The summed E-state index contributed by atoms with van der Waals surface area (Å²) in [5.74, 6) is 4.77. The fraction of sp³-hybridized carbons (Fsp3) is 0.125. The zero-order chi connectivity index (χ0) is 14.4. The molecule has 0 heterocycles. The van der Waals surface area contributed by atoms with E-state index < -0.39 is 5.82 Å². The Morgan fingerprint density at radius 2 is 1.85 bits per heavy atom. The minimum Gasteiger partial charge on any atom is -0.486 e. The predicted octanol–water partition coefficient (Wildman–Crippen LogP) is 4.13. The second kappa shape index (κ2) is 6.93. The monoisotopic (exact) mass is 292 g/mol. The van der Waals surface area contributed by atoms with Gasteiger partial charge in [-0.05, 0) is 24.3 Å². The van der Waals surface area contributed by atoms with Crippen LogP contribution in [0.2, 0.25) is 0 Å². The van der Waals surface area contributed by atoms with Crippen LogP contribution in [0.3, 0.4) is 0 Å². The predicted molar refractivity (Wildman–Crippen MR) is 74.7 cm³/mol. The van der Waals surface area contributed by atoms with Gasteiger partial charge in [-0.15, -0.1) is 11.6 Å². The Labute approximate surface area is 121 Å². The maximum absolute atomic E-state index is 13.6. The van der Waals surface area contributed by atoms with Crippen LogP contribution in [0.25, 0.3) is 0 Å². The fourth-order valence-electron chi connectivity index (χ4n) is 1.60. The number of hydrogen-bond donors (Lipinski definition) is 0. The number of ether oxygens (including phenoxy) is 1. The van der Waals surface area contributed by atoms with Crippen molar-refractivity contribution in [1.29, 1.82) is 0 Å². The van der Waals surface area contributed by atoms with Crippen LogP contribution in [-0.2, 0) is 6.61 Å². The second-order valence-electron chi connectivity index (χ2n) is 3.96. The molecule has 0 saturated heterocycles. The van der Waals surface area contributed by atoms with Crippen molar-refractivity contribution >= 4 is 11.6 Å². The number of halogens is 3. The van der Waals surface area contributed by atoms with E-state index in [1.54, 1.807) is 18.2 Å². The molecule has 2 aromatic rings. The molecule has 4 heteroatoms. The van der Waals surface area contributed by atoms with E-state index in [2.05, 4.69) is 11.8 Å². The molecule has 0 aromatic heterocycles. The van der Waals surface area contributed by atoms with Crippen LogP contribution in [0.4, 0.5) is 8.78 Å². The number of hydrogen-bond acceptors (Lipinski definition) is 1. The maximum Gasteiger partial charge on any atom is 0.165 e. The molecule has 0 radical (unpaired) electrons. The Hall–Kier alpha value is -2.05. The first-order valence-corrected chi connectivity index (χ1v) is 6.45. The van der Waals surface area contributed by atoms with Crippen LogP contribution in [0.5, 0.6) is 5.75 Å². The van der Waals surface area contributed by atoms with Gasteiger partial charge in [0.15, 0.2) is 11.6 Å². The standard InChI is InChI=1S/C16H11ClF2O/c17-9-3-4-12-7-8-15(19)16(10-12)20-11-13-5-1-2-6-14(13)18/h1-2,5-8,10H,9,11H2. The van der Waals surface area contributed by atoms with Crippen molar-refractivity contribution in [3.05, 3.63) is 65.2 Å². The molecular formula is C16H11ClF2O. The van der Waals surface area contributed by atoms with Gasteiger partial charge in [-0.1, -0.05) is 30.0 Å². The Balaban J connectivity index is 2.15. The summed E-state index contributed by atoms with van der Waals surface area (Å²) in [5.41, 5.74) is 0.958. The summed E-state index contributed by atoms with van der Waals surface area (Å²) in [6, 6.07) is 10.5. The molecule has 0 aliphatic rings. The Morgan fingerprint density at radius 1 is 1.05 bits per heavy atom. The number of alkyl halides is 1. The van der Waals surface area contributed by atoms with Crippen molar-refractivity contribution in [2.45, 2.75) is 6.61 Å². The molecule has 0 bridgehead atoms. The molecular weight excluding hydrogens is 282 g/mol. The second-order valence-corrected chi connectivity index (χ2v) is 4.23. The van der Waals surface area contributed by atoms with Gasteiger partial charge in [0.2, 0.25) is 0 Å².